The number of hydrogen-bond donors (Lipinski definition) is 2. The van der Waals surface area contributed by atoms with Gasteiger partial charge in [-0.2, -0.15) is 0 Å². The van der Waals surface area contributed by atoms with Gasteiger partial charge < -0.3 is 15.8 Å². The summed E-state index contributed by atoms with van der Waals surface area (Å²) in [5, 5.41) is 2.95. The Morgan fingerprint density at radius 3 is 2.60 bits per heavy atom. The summed E-state index contributed by atoms with van der Waals surface area (Å²) in [6.45, 7) is 6.65. The zero-order chi connectivity index (χ0) is 11.7. The molecule has 15 heavy (non-hydrogen) atoms. The summed E-state index contributed by atoms with van der Waals surface area (Å²) in [6, 6.07) is 0. The Kier molecular flexibility index (Phi) is 3.35. The molecule has 0 radical (unpaired) electrons. The van der Waals surface area contributed by atoms with Crippen LogP contribution >= 0.6 is 12.2 Å². The maximum Gasteiger partial charge on any atom is 0.232 e. The van der Waals surface area contributed by atoms with E-state index in [2.05, 4.69) is 5.32 Å². The van der Waals surface area contributed by atoms with Crippen LogP contribution in [0.2, 0.25) is 0 Å². The van der Waals surface area contributed by atoms with Gasteiger partial charge in [-0.05, 0) is 27.2 Å². The van der Waals surface area contributed by atoms with E-state index in [1.165, 1.54) is 0 Å². The van der Waals surface area contributed by atoms with E-state index in [4.69, 9.17) is 22.7 Å². The number of nitrogens with two attached hydrogens (primary N) is 1. The van der Waals surface area contributed by atoms with Crippen molar-refractivity contribution >= 4 is 23.1 Å². The number of nitrogens with one attached hydrogen (secondary N) is 1. The van der Waals surface area contributed by atoms with Crippen LogP contribution in [0.25, 0.3) is 0 Å². The lowest BCUT2D eigenvalue weighted by atomic mass is 9.90. The van der Waals surface area contributed by atoms with Crippen molar-refractivity contribution in [3.05, 3.63) is 0 Å². The van der Waals surface area contributed by atoms with Gasteiger partial charge in [0.2, 0.25) is 5.91 Å². The zero-order valence-corrected chi connectivity index (χ0v) is 10.2. The van der Waals surface area contributed by atoms with Gasteiger partial charge in [-0.1, -0.05) is 12.2 Å². The van der Waals surface area contributed by atoms with Crippen LogP contribution in [0.15, 0.2) is 0 Å². The monoisotopic (exact) mass is 230 g/mol. The molecule has 1 atom stereocenters. The second-order valence-corrected chi connectivity index (χ2v) is 5.25. The molecule has 86 valence electrons. The first-order chi connectivity index (χ1) is 6.78. The van der Waals surface area contributed by atoms with Gasteiger partial charge in [0.15, 0.2) is 0 Å². The molecule has 1 aliphatic rings. The summed E-state index contributed by atoms with van der Waals surface area (Å²) in [5.74, 6) is -0.136. The predicted octanol–water partition coefficient (Wildman–Crippen LogP) is 0.594. The molecule has 1 unspecified atom stereocenters. The predicted molar refractivity (Wildman–Crippen MR) is 62.6 cm³/mol. The molecular weight excluding hydrogens is 212 g/mol. The highest BCUT2D eigenvalue weighted by Gasteiger charge is 2.38. The minimum Gasteiger partial charge on any atom is -0.392 e. The normalized spacial score (nSPS) is 26.3. The first-order valence-electron chi connectivity index (χ1n) is 4.98. The highest BCUT2D eigenvalue weighted by atomic mass is 32.1. The molecule has 0 aromatic carbocycles. The molecule has 1 fully saturated rings. The fraction of sp³-hybridized carbons (Fsp3) is 0.800. The van der Waals surface area contributed by atoms with E-state index < -0.39 is 5.41 Å². The van der Waals surface area contributed by atoms with Crippen LogP contribution in [-0.4, -0.2) is 29.6 Å². The minimum absolute atomic E-state index is 0.136. The number of hydrogen-bond acceptors (Lipinski definition) is 3. The quantitative estimate of drug-likeness (QED) is 0.697. The van der Waals surface area contributed by atoms with Gasteiger partial charge in [-0.25, -0.2) is 0 Å². The van der Waals surface area contributed by atoms with Gasteiger partial charge in [0.05, 0.1) is 22.5 Å². The van der Waals surface area contributed by atoms with Gasteiger partial charge in [0, 0.05) is 6.61 Å². The summed E-state index contributed by atoms with van der Waals surface area (Å²) < 4.78 is 5.26. The molecule has 0 aromatic rings. The molecule has 1 amide bonds. The summed E-state index contributed by atoms with van der Waals surface area (Å²) in [6.07, 6.45) is 0.826. The summed E-state index contributed by atoms with van der Waals surface area (Å²) in [4.78, 5) is 12.1. The van der Waals surface area contributed by atoms with E-state index in [-0.39, 0.29) is 16.4 Å². The summed E-state index contributed by atoms with van der Waals surface area (Å²) in [7, 11) is 0. The molecule has 1 saturated heterocycles. The number of amides is 1. The lowest BCUT2D eigenvalue weighted by molar-refractivity contribution is -0.128. The number of rotatable bonds is 3. The van der Waals surface area contributed by atoms with E-state index in [1.807, 2.05) is 6.92 Å². The average Bonchev–Trinajstić information content (AvgIpc) is 2.51. The highest BCUT2D eigenvalue weighted by molar-refractivity contribution is 7.80. The van der Waals surface area contributed by atoms with Crippen LogP contribution in [0.5, 0.6) is 0 Å². The van der Waals surface area contributed by atoms with Crippen molar-refractivity contribution in [2.24, 2.45) is 11.1 Å². The van der Waals surface area contributed by atoms with Crippen molar-refractivity contribution in [3.63, 3.8) is 0 Å². The Bertz CT molecular complexity index is 283. The molecule has 1 heterocycles. The Hall–Kier alpha value is -0.680. The van der Waals surface area contributed by atoms with Gasteiger partial charge in [-0.3, -0.25) is 4.79 Å². The lowest BCUT2D eigenvalue weighted by Gasteiger charge is -2.30. The van der Waals surface area contributed by atoms with E-state index >= 15 is 0 Å². The number of ether oxygens (including phenoxy) is 1. The van der Waals surface area contributed by atoms with Crippen molar-refractivity contribution in [2.45, 2.75) is 32.7 Å². The number of carbonyl (C=O) groups is 1. The smallest absolute Gasteiger partial charge is 0.232 e. The molecule has 0 bridgehead atoms. The minimum atomic E-state index is -0.805. The fourth-order valence-electron chi connectivity index (χ4n) is 1.31. The van der Waals surface area contributed by atoms with Crippen molar-refractivity contribution in [1.82, 2.24) is 5.32 Å². The van der Waals surface area contributed by atoms with Gasteiger partial charge in [0.25, 0.3) is 0 Å². The second kappa shape index (κ2) is 4.06. The Morgan fingerprint density at radius 1 is 1.60 bits per heavy atom. The van der Waals surface area contributed by atoms with Crippen LogP contribution in [0.4, 0.5) is 0 Å². The van der Waals surface area contributed by atoms with Crippen molar-refractivity contribution in [2.75, 3.05) is 13.2 Å². The molecule has 0 aliphatic carbocycles. The van der Waals surface area contributed by atoms with Crippen LogP contribution in [0.1, 0.15) is 27.2 Å². The van der Waals surface area contributed by atoms with Crippen LogP contribution in [0, 0.1) is 5.41 Å². The second-order valence-electron chi connectivity index (χ2n) is 4.81. The van der Waals surface area contributed by atoms with Crippen molar-refractivity contribution in [1.29, 1.82) is 0 Å². The topological polar surface area (TPSA) is 64.4 Å². The first-order valence-corrected chi connectivity index (χ1v) is 5.39. The fourth-order valence-corrected chi connectivity index (χ4v) is 1.40. The largest absolute Gasteiger partial charge is 0.392 e. The summed E-state index contributed by atoms with van der Waals surface area (Å²) >= 11 is 4.87. The standard InChI is InChI=1S/C10H18N2O2S/c1-9(2,7(11)15)8(13)12-10(3)4-5-14-6-10/h4-6H2,1-3H3,(H2,11,15)(H,12,13). The third kappa shape index (κ3) is 2.66. The van der Waals surface area contributed by atoms with Gasteiger partial charge in [-0.15, -0.1) is 0 Å². The molecule has 3 N–H and O–H groups in total. The van der Waals surface area contributed by atoms with Crippen molar-refractivity contribution < 1.29 is 9.53 Å². The van der Waals surface area contributed by atoms with Crippen LogP contribution in [0.3, 0.4) is 0 Å². The van der Waals surface area contributed by atoms with Gasteiger partial charge in [0.1, 0.15) is 0 Å². The molecular formula is C10H18N2O2S. The molecule has 5 heteroatoms. The molecule has 0 spiro atoms. The average molecular weight is 230 g/mol. The van der Waals surface area contributed by atoms with E-state index in [9.17, 15) is 4.79 Å². The van der Waals surface area contributed by atoms with E-state index in [1.54, 1.807) is 13.8 Å². The zero-order valence-electron chi connectivity index (χ0n) is 9.42. The number of carbonyl (C=O) groups excluding carboxylic acids is 1. The Balaban J connectivity index is 2.66. The maximum absolute atomic E-state index is 11.9. The third-order valence-corrected chi connectivity index (χ3v) is 3.33. The van der Waals surface area contributed by atoms with Crippen molar-refractivity contribution in [3.8, 4) is 0 Å². The number of thiocarbonyl (C=S) groups is 1. The van der Waals surface area contributed by atoms with Crippen LogP contribution in [-0.2, 0) is 9.53 Å². The molecule has 1 aliphatic heterocycles. The summed E-state index contributed by atoms with van der Waals surface area (Å²) in [5.41, 5.74) is 4.44. The lowest BCUT2D eigenvalue weighted by Crippen LogP contribution is -2.54. The molecule has 1 rings (SSSR count). The Labute approximate surface area is 95.5 Å². The Morgan fingerprint density at radius 2 is 2.20 bits per heavy atom. The third-order valence-electron chi connectivity index (χ3n) is 2.82. The maximum atomic E-state index is 11.9. The molecule has 0 saturated carbocycles. The first kappa shape index (κ1) is 12.4. The molecule has 4 nitrogen and oxygen atoms in total. The highest BCUT2D eigenvalue weighted by Crippen LogP contribution is 2.22. The van der Waals surface area contributed by atoms with E-state index in [0.717, 1.165) is 6.42 Å². The molecule has 0 aromatic heterocycles. The SMILES string of the molecule is CC1(NC(=O)C(C)(C)C(N)=S)CCOC1. The van der Waals surface area contributed by atoms with Gasteiger partial charge >= 0.3 is 0 Å². The van der Waals surface area contributed by atoms with Crippen LogP contribution < -0.4 is 11.1 Å². The van der Waals surface area contributed by atoms with E-state index in [0.29, 0.717) is 13.2 Å².